The minimum atomic E-state index is 0.304. The summed E-state index contributed by atoms with van der Waals surface area (Å²) in [6, 6.07) is 5.61. The van der Waals surface area contributed by atoms with Crippen LogP contribution < -0.4 is 5.73 Å². The van der Waals surface area contributed by atoms with Crippen LogP contribution in [-0.2, 0) is 0 Å². The number of halogens is 2. The van der Waals surface area contributed by atoms with Crippen LogP contribution in [0.1, 0.15) is 13.3 Å². The van der Waals surface area contributed by atoms with Gasteiger partial charge in [0.05, 0.1) is 5.02 Å². The largest absolute Gasteiger partial charge is 0.330 e. The molecule has 1 aromatic carbocycles. The van der Waals surface area contributed by atoms with Crippen molar-refractivity contribution in [2.75, 3.05) is 31.9 Å². The number of benzene rings is 1. The molecule has 2 rings (SSSR count). The highest BCUT2D eigenvalue weighted by Gasteiger charge is 2.31. The second-order valence-corrected chi connectivity index (χ2v) is 7.44. The van der Waals surface area contributed by atoms with Crippen LogP contribution in [0.2, 0.25) is 10.0 Å². The van der Waals surface area contributed by atoms with Crippen molar-refractivity contribution in [2.45, 2.75) is 18.2 Å². The van der Waals surface area contributed by atoms with E-state index in [0.717, 1.165) is 46.9 Å². The van der Waals surface area contributed by atoms with Crippen LogP contribution in [0.25, 0.3) is 0 Å². The van der Waals surface area contributed by atoms with Crippen molar-refractivity contribution >= 4 is 35.0 Å². The lowest BCUT2D eigenvalue weighted by molar-refractivity contribution is 0.293. The predicted molar refractivity (Wildman–Crippen MR) is 85.4 cm³/mol. The number of thioether (sulfide) groups is 1. The summed E-state index contributed by atoms with van der Waals surface area (Å²) in [4.78, 5) is 3.55. The van der Waals surface area contributed by atoms with Gasteiger partial charge in [0, 0.05) is 28.8 Å². The number of hydrogen-bond donors (Lipinski definition) is 1. The minimum Gasteiger partial charge on any atom is -0.330 e. The first-order chi connectivity index (χ1) is 9.02. The molecular weight excluding hydrogens is 299 g/mol. The second-order valence-electron chi connectivity index (χ2n) is 5.46. The molecule has 2 N–H and O–H groups in total. The van der Waals surface area contributed by atoms with Crippen LogP contribution in [0.5, 0.6) is 0 Å². The van der Waals surface area contributed by atoms with Gasteiger partial charge in [0.1, 0.15) is 0 Å². The average Bonchev–Trinajstić information content (AvgIpc) is 2.76. The van der Waals surface area contributed by atoms with E-state index in [4.69, 9.17) is 28.9 Å². The van der Waals surface area contributed by atoms with Gasteiger partial charge in [0.15, 0.2) is 0 Å². The van der Waals surface area contributed by atoms with Gasteiger partial charge >= 0.3 is 0 Å². The highest BCUT2D eigenvalue weighted by Crippen LogP contribution is 2.31. The lowest BCUT2D eigenvalue weighted by atomic mass is 9.90. The van der Waals surface area contributed by atoms with Gasteiger partial charge in [-0.3, -0.25) is 0 Å². The van der Waals surface area contributed by atoms with E-state index in [1.807, 2.05) is 18.2 Å². The van der Waals surface area contributed by atoms with Crippen LogP contribution in [0.4, 0.5) is 0 Å². The van der Waals surface area contributed by atoms with E-state index < -0.39 is 0 Å². The molecule has 1 saturated heterocycles. The molecule has 5 heteroatoms. The highest BCUT2D eigenvalue weighted by atomic mass is 35.5. The van der Waals surface area contributed by atoms with Crippen LogP contribution in [0.15, 0.2) is 23.1 Å². The van der Waals surface area contributed by atoms with Gasteiger partial charge < -0.3 is 10.6 Å². The van der Waals surface area contributed by atoms with E-state index in [-0.39, 0.29) is 0 Å². The fraction of sp³-hybridized carbons (Fsp3) is 0.571. The highest BCUT2D eigenvalue weighted by molar-refractivity contribution is 7.99. The first-order valence-corrected chi connectivity index (χ1v) is 8.27. The van der Waals surface area contributed by atoms with Crippen LogP contribution in [-0.4, -0.2) is 36.8 Å². The van der Waals surface area contributed by atoms with E-state index in [1.54, 1.807) is 11.8 Å². The molecule has 2 nitrogen and oxygen atoms in total. The molecule has 19 heavy (non-hydrogen) atoms. The summed E-state index contributed by atoms with van der Waals surface area (Å²) in [5.74, 6) is 1.03. The Hall–Kier alpha value is 0.0700. The third-order valence-electron chi connectivity index (χ3n) is 3.69. The van der Waals surface area contributed by atoms with Crippen molar-refractivity contribution in [1.29, 1.82) is 0 Å². The van der Waals surface area contributed by atoms with Crippen LogP contribution >= 0.6 is 35.0 Å². The fourth-order valence-electron chi connectivity index (χ4n) is 2.36. The molecule has 1 aliphatic rings. The van der Waals surface area contributed by atoms with Crippen LogP contribution in [0, 0.1) is 5.41 Å². The summed E-state index contributed by atoms with van der Waals surface area (Å²) in [6.45, 7) is 6.37. The normalized spacial score (nSPS) is 24.0. The standard InChI is InChI=1S/C14H20Cl2N2S/c1-14(9-17)4-5-18(10-14)6-7-19-13-8-11(15)2-3-12(13)16/h2-3,8H,4-7,9-10,17H2,1H3. The predicted octanol–water partition coefficient (Wildman–Crippen LogP) is 3.76. The van der Waals surface area contributed by atoms with Crippen molar-refractivity contribution in [3.8, 4) is 0 Å². The lowest BCUT2D eigenvalue weighted by Crippen LogP contribution is -2.32. The Balaban J connectivity index is 1.80. The first-order valence-electron chi connectivity index (χ1n) is 6.53. The van der Waals surface area contributed by atoms with Gasteiger partial charge in [0.25, 0.3) is 0 Å². The molecule has 0 radical (unpaired) electrons. The molecule has 0 spiro atoms. The van der Waals surface area contributed by atoms with Gasteiger partial charge in [-0.2, -0.15) is 0 Å². The van der Waals surface area contributed by atoms with Crippen molar-refractivity contribution in [2.24, 2.45) is 11.1 Å². The Bertz CT molecular complexity index is 441. The molecule has 0 saturated carbocycles. The van der Waals surface area contributed by atoms with E-state index in [1.165, 1.54) is 6.42 Å². The van der Waals surface area contributed by atoms with Crippen molar-refractivity contribution < 1.29 is 0 Å². The Kier molecular flexibility index (Phi) is 5.44. The Morgan fingerprint density at radius 1 is 1.42 bits per heavy atom. The van der Waals surface area contributed by atoms with Gasteiger partial charge in [-0.05, 0) is 43.1 Å². The number of hydrogen-bond acceptors (Lipinski definition) is 3. The number of likely N-dealkylation sites (tertiary alicyclic amines) is 1. The van der Waals surface area contributed by atoms with Gasteiger partial charge in [-0.15, -0.1) is 11.8 Å². The monoisotopic (exact) mass is 318 g/mol. The number of nitrogens with two attached hydrogens (primary N) is 1. The molecule has 1 aromatic rings. The lowest BCUT2D eigenvalue weighted by Gasteiger charge is -2.22. The van der Waals surface area contributed by atoms with Crippen molar-refractivity contribution in [3.05, 3.63) is 28.2 Å². The third kappa shape index (κ3) is 4.27. The third-order valence-corrected chi connectivity index (χ3v) is 5.40. The Morgan fingerprint density at radius 3 is 2.89 bits per heavy atom. The average molecular weight is 319 g/mol. The molecular formula is C14H20Cl2N2S. The molecule has 1 fully saturated rings. The summed E-state index contributed by atoms with van der Waals surface area (Å²) in [6.07, 6.45) is 1.20. The second kappa shape index (κ2) is 6.68. The molecule has 0 aromatic heterocycles. The molecule has 0 bridgehead atoms. The molecule has 1 atom stereocenters. The van der Waals surface area contributed by atoms with E-state index >= 15 is 0 Å². The molecule has 1 heterocycles. The summed E-state index contributed by atoms with van der Waals surface area (Å²) in [7, 11) is 0. The zero-order valence-corrected chi connectivity index (χ0v) is 13.5. The zero-order chi connectivity index (χ0) is 13.9. The number of nitrogens with zero attached hydrogens (tertiary/aromatic N) is 1. The van der Waals surface area contributed by atoms with Gasteiger partial charge in [-0.25, -0.2) is 0 Å². The molecule has 1 unspecified atom stereocenters. The first kappa shape index (κ1) is 15.5. The van der Waals surface area contributed by atoms with Gasteiger partial charge in [0.2, 0.25) is 0 Å². The van der Waals surface area contributed by atoms with Gasteiger partial charge in [-0.1, -0.05) is 30.1 Å². The maximum Gasteiger partial charge on any atom is 0.0542 e. The van der Waals surface area contributed by atoms with Crippen LogP contribution in [0.3, 0.4) is 0 Å². The Labute approximate surface area is 129 Å². The van der Waals surface area contributed by atoms with E-state index in [0.29, 0.717) is 5.41 Å². The van der Waals surface area contributed by atoms with E-state index in [2.05, 4.69) is 11.8 Å². The fourth-order valence-corrected chi connectivity index (χ4v) is 3.86. The molecule has 0 amide bonds. The molecule has 0 aliphatic carbocycles. The SMILES string of the molecule is CC1(CN)CCN(CCSc2cc(Cl)ccc2Cl)C1. The Morgan fingerprint density at radius 2 is 2.21 bits per heavy atom. The number of rotatable bonds is 5. The van der Waals surface area contributed by atoms with Crippen molar-refractivity contribution in [1.82, 2.24) is 4.90 Å². The topological polar surface area (TPSA) is 29.3 Å². The zero-order valence-electron chi connectivity index (χ0n) is 11.2. The van der Waals surface area contributed by atoms with E-state index in [9.17, 15) is 0 Å². The summed E-state index contributed by atoms with van der Waals surface area (Å²) in [5.41, 5.74) is 6.13. The smallest absolute Gasteiger partial charge is 0.0542 e. The summed E-state index contributed by atoms with van der Waals surface area (Å²) >= 11 is 13.9. The summed E-state index contributed by atoms with van der Waals surface area (Å²) < 4.78 is 0. The molecule has 106 valence electrons. The summed E-state index contributed by atoms with van der Waals surface area (Å²) in [5, 5.41) is 1.52. The van der Waals surface area contributed by atoms with Crippen molar-refractivity contribution in [3.63, 3.8) is 0 Å². The molecule has 1 aliphatic heterocycles. The maximum atomic E-state index is 6.15. The minimum absolute atomic E-state index is 0.304. The quantitative estimate of drug-likeness (QED) is 0.838. The maximum absolute atomic E-state index is 6.15.